The Labute approximate surface area is 111 Å². The molecule has 1 saturated carbocycles. The third-order valence-corrected chi connectivity index (χ3v) is 6.61. The molecule has 2 saturated heterocycles. The van der Waals surface area contributed by atoms with E-state index in [0.29, 0.717) is 24.6 Å². The van der Waals surface area contributed by atoms with Crippen molar-refractivity contribution >= 4 is 15.7 Å². The maximum Gasteiger partial charge on any atom is 0.274 e. The van der Waals surface area contributed by atoms with Crippen LogP contribution in [0.5, 0.6) is 0 Å². The van der Waals surface area contributed by atoms with Crippen molar-refractivity contribution < 1.29 is 13.2 Å². The lowest BCUT2D eigenvalue weighted by Crippen LogP contribution is -2.44. The topological polar surface area (TPSA) is 83.1 Å². The van der Waals surface area contributed by atoms with Gasteiger partial charge in [0, 0.05) is 24.2 Å². The highest BCUT2D eigenvalue weighted by Gasteiger charge is 2.50. The number of H-pyrrole nitrogens is 1. The van der Waals surface area contributed by atoms with Gasteiger partial charge in [-0.25, -0.2) is 8.42 Å². The molecule has 4 rings (SSSR count). The number of fused-ring (bicyclic) bond motifs is 2. The van der Waals surface area contributed by atoms with Crippen molar-refractivity contribution in [3.05, 3.63) is 17.5 Å². The van der Waals surface area contributed by atoms with Gasteiger partial charge in [0.1, 0.15) is 5.69 Å². The van der Waals surface area contributed by atoms with Crippen LogP contribution in [-0.4, -0.2) is 53.0 Å². The van der Waals surface area contributed by atoms with E-state index in [-0.39, 0.29) is 23.0 Å². The second-order valence-corrected chi connectivity index (χ2v) is 8.11. The Morgan fingerprint density at radius 3 is 2.79 bits per heavy atom. The van der Waals surface area contributed by atoms with Crippen molar-refractivity contribution in [3.8, 4) is 0 Å². The van der Waals surface area contributed by atoms with E-state index < -0.39 is 9.84 Å². The van der Waals surface area contributed by atoms with E-state index in [1.807, 2.05) is 6.07 Å². The molecule has 0 aromatic carbocycles. The van der Waals surface area contributed by atoms with E-state index in [1.165, 1.54) is 0 Å². The SMILES string of the molecule is O=C(c1cc(C2CC2)[nH]n1)N1C[C@H]2C[C@H]1CS2(=O)=O. The van der Waals surface area contributed by atoms with Crippen LogP contribution in [0.25, 0.3) is 0 Å². The Morgan fingerprint density at radius 1 is 1.42 bits per heavy atom. The number of nitrogens with zero attached hydrogens (tertiary/aromatic N) is 2. The summed E-state index contributed by atoms with van der Waals surface area (Å²) in [7, 11) is -2.96. The molecule has 2 aliphatic heterocycles. The highest BCUT2D eigenvalue weighted by Crippen LogP contribution is 2.39. The second-order valence-electron chi connectivity index (χ2n) is 5.78. The van der Waals surface area contributed by atoms with E-state index in [1.54, 1.807) is 4.90 Å². The highest BCUT2D eigenvalue weighted by molar-refractivity contribution is 7.92. The summed E-state index contributed by atoms with van der Waals surface area (Å²) in [5.41, 5.74) is 1.45. The minimum atomic E-state index is -2.96. The van der Waals surface area contributed by atoms with E-state index in [9.17, 15) is 13.2 Å². The third kappa shape index (κ3) is 1.71. The summed E-state index contributed by atoms with van der Waals surface area (Å²) in [4.78, 5) is 14.0. The largest absolute Gasteiger partial charge is 0.332 e. The summed E-state index contributed by atoms with van der Waals surface area (Å²) in [5.74, 6) is 0.513. The zero-order chi connectivity index (χ0) is 13.2. The molecule has 1 aromatic rings. The van der Waals surface area contributed by atoms with Gasteiger partial charge >= 0.3 is 0 Å². The molecule has 6 nitrogen and oxygen atoms in total. The fourth-order valence-corrected chi connectivity index (χ4v) is 5.17. The first-order valence-corrected chi connectivity index (χ1v) is 8.34. The van der Waals surface area contributed by atoms with Crippen LogP contribution in [0.2, 0.25) is 0 Å². The summed E-state index contributed by atoms with van der Waals surface area (Å²) < 4.78 is 23.3. The molecular weight excluding hydrogens is 266 g/mol. The first kappa shape index (κ1) is 11.5. The summed E-state index contributed by atoms with van der Waals surface area (Å²) in [6, 6.07) is 1.67. The maximum absolute atomic E-state index is 12.4. The summed E-state index contributed by atoms with van der Waals surface area (Å²) >= 11 is 0. The molecule has 1 N–H and O–H groups in total. The van der Waals surface area contributed by atoms with Crippen molar-refractivity contribution in [2.75, 3.05) is 12.3 Å². The standard InChI is InChI=1S/C12H15N3O3S/c16-12(11-4-10(13-14-11)7-1-2-7)15-5-9-3-8(15)6-19(9,17)18/h4,7-9H,1-3,5-6H2,(H,13,14)/t8-,9+/m0/s1. The number of hydrogen-bond acceptors (Lipinski definition) is 4. The first-order valence-electron chi connectivity index (χ1n) is 6.62. The number of aromatic amines is 1. The molecule has 1 amide bonds. The van der Waals surface area contributed by atoms with Gasteiger partial charge in [-0.3, -0.25) is 9.89 Å². The lowest BCUT2D eigenvalue weighted by atomic mass is 10.2. The average Bonchev–Trinajstić information content (AvgIpc) is 2.85. The molecule has 3 heterocycles. The number of hydrogen-bond donors (Lipinski definition) is 1. The number of amides is 1. The zero-order valence-electron chi connectivity index (χ0n) is 10.4. The van der Waals surface area contributed by atoms with Gasteiger partial charge < -0.3 is 4.90 Å². The van der Waals surface area contributed by atoms with Crippen molar-refractivity contribution in [1.82, 2.24) is 15.1 Å². The van der Waals surface area contributed by atoms with E-state index in [2.05, 4.69) is 10.2 Å². The minimum absolute atomic E-state index is 0.114. The Hall–Kier alpha value is -1.37. The molecule has 3 aliphatic rings. The van der Waals surface area contributed by atoms with Crippen LogP contribution in [0.3, 0.4) is 0 Å². The van der Waals surface area contributed by atoms with Crippen LogP contribution in [-0.2, 0) is 9.84 Å². The second kappa shape index (κ2) is 3.59. The van der Waals surface area contributed by atoms with Gasteiger partial charge in [-0.05, 0) is 25.3 Å². The van der Waals surface area contributed by atoms with Gasteiger partial charge in [-0.2, -0.15) is 5.10 Å². The number of likely N-dealkylation sites (tertiary alicyclic amines) is 1. The first-order chi connectivity index (χ1) is 9.04. The Morgan fingerprint density at radius 2 is 2.21 bits per heavy atom. The molecule has 0 radical (unpaired) electrons. The number of rotatable bonds is 2. The third-order valence-electron chi connectivity index (χ3n) is 4.40. The number of aromatic nitrogens is 2. The number of sulfone groups is 1. The van der Waals surface area contributed by atoms with Crippen molar-refractivity contribution in [2.45, 2.75) is 36.5 Å². The lowest BCUT2D eigenvalue weighted by Gasteiger charge is -2.25. The fourth-order valence-electron chi connectivity index (χ4n) is 3.14. The fraction of sp³-hybridized carbons (Fsp3) is 0.667. The Balaban J connectivity index is 1.55. The quantitative estimate of drug-likeness (QED) is 0.845. The maximum atomic E-state index is 12.4. The molecule has 102 valence electrons. The van der Waals surface area contributed by atoms with Crippen LogP contribution in [0, 0.1) is 0 Å². The highest BCUT2D eigenvalue weighted by atomic mass is 32.2. The molecule has 0 unspecified atom stereocenters. The molecule has 7 heteroatoms. The van der Waals surface area contributed by atoms with Gasteiger partial charge in [-0.1, -0.05) is 0 Å². The van der Waals surface area contributed by atoms with Gasteiger partial charge in [0.25, 0.3) is 5.91 Å². The average molecular weight is 281 g/mol. The number of carbonyl (C=O) groups is 1. The van der Waals surface area contributed by atoms with Crippen LogP contribution in [0.15, 0.2) is 6.07 Å². The van der Waals surface area contributed by atoms with Gasteiger partial charge in [0.15, 0.2) is 9.84 Å². The van der Waals surface area contributed by atoms with Crippen LogP contribution in [0.4, 0.5) is 0 Å². The van der Waals surface area contributed by atoms with Crippen LogP contribution in [0.1, 0.15) is 41.4 Å². The van der Waals surface area contributed by atoms with Gasteiger partial charge in [-0.15, -0.1) is 0 Å². The van der Waals surface area contributed by atoms with Crippen LogP contribution < -0.4 is 0 Å². The van der Waals surface area contributed by atoms with Crippen LogP contribution >= 0.6 is 0 Å². The minimum Gasteiger partial charge on any atom is -0.332 e. The van der Waals surface area contributed by atoms with E-state index >= 15 is 0 Å². The summed E-state index contributed by atoms with van der Waals surface area (Å²) in [6.07, 6.45) is 2.90. The molecule has 1 aromatic heterocycles. The molecule has 1 aliphatic carbocycles. The molecule has 2 bridgehead atoms. The molecule has 0 spiro atoms. The van der Waals surface area contributed by atoms with Gasteiger partial charge in [0.05, 0.1) is 11.0 Å². The molecular formula is C12H15N3O3S. The van der Waals surface area contributed by atoms with E-state index in [0.717, 1.165) is 18.5 Å². The molecule has 3 fully saturated rings. The van der Waals surface area contributed by atoms with Gasteiger partial charge in [0.2, 0.25) is 0 Å². The van der Waals surface area contributed by atoms with Crippen molar-refractivity contribution in [3.63, 3.8) is 0 Å². The van der Waals surface area contributed by atoms with E-state index in [4.69, 9.17) is 0 Å². The zero-order valence-corrected chi connectivity index (χ0v) is 11.2. The van der Waals surface area contributed by atoms with Crippen molar-refractivity contribution in [1.29, 1.82) is 0 Å². The summed E-state index contributed by atoms with van der Waals surface area (Å²) in [5, 5.41) is 6.63. The number of carbonyl (C=O) groups excluding carboxylic acids is 1. The monoisotopic (exact) mass is 281 g/mol. The van der Waals surface area contributed by atoms with Crippen molar-refractivity contribution in [2.24, 2.45) is 0 Å². The molecule has 19 heavy (non-hydrogen) atoms. The smallest absolute Gasteiger partial charge is 0.274 e. The summed E-state index contributed by atoms with van der Waals surface area (Å²) in [6.45, 7) is 0.331. The normalized spacial score (nSPS) is 31.9. The molecule has 2 atom stereocenters. The Bertz CT molecular complexity index is 647. The predicted octanol–water partition coefficient (Wildman–Crippen LogP) is 0.299. The predicted molar refractivity (Wildman–Crippen MR) is 67.6 cm³/mol. The lowest BCUT2D eigenvalue weighted by molar-refractivity contribution is 0.0740. The number of nitrogens with one attached hydrogen (secondary N) is 1. The Kier molecular flexibility index (Phi) is 2.17.